The first-order valence-electron chi connectivity index (χ1n) is 6.91. The molecule has 0 saturated heterocycles. The molecule has 1 aliphatic carbocycles. The standard InChI is InChI=1S/C15H23N3/c1-4-5-8-11-18(3)15-13-9-6-7-10-14(13)16-12(2)17-15/h4H,1,5-11H2,2-3H3. The lowest BCUT2D eigenvalue weighted by Gasteiger charge is -2.25. The second-order valence-corrected chi connectivity index (χ2v) is 5.08. The van der Waals surface area contributed by atoms with Gasteiger partial charge in [-0.2, -0.15) is 0 Å². The van der Waals surface area contributed by atoms with Gasteiger partial charge in [0.15, 0.2) is 0 Å². The Balaban J connectivity index is 2.20. The predicted molar refractivity (Wildman–Crippen MR) is 76.1 cm³/mol. The molecule has 0 bridgehead atoms. The van der Waals surface area contributed by atoms with Crippen LogP contribution in [0.3, 0.4) is 0 Å². The van der Waals surface area contributed by atoms with Crippen LogP contribution in [0.4, 0.5) is 5.82 Å². The molecule has 0 spiro atoms. The number of anilines is 1. The maximum absolute atomic E-state index is 4.65. The van der Waals surface area contributed by atoms with Gasteiger partial charge in [0, 0.05) is 24.8 Å². The predicted octanol–water partition coefficient (Wildman–Crippen LogP) is 3.07. The molecule has 0 aromatic carbocycles. The topological polar surface area (TPSA) is 29.0 Å². The summed E-state index contributed by atoms with van der Waals surface area (Å²) in [6.07, 6.45) is 8.97. The molecule has 0 radical (unpaired) electrons. The Hall–Kier alpha value is -1.38. The molecule has 2 rings (SSSR count). The second-order valence-electron chi connectivity index (χ2n) is 5.08. The normalized spacial score (nSPS) is 14.1. The van der Waals surface area contributed by atoms with E-state index in [0.29, 0.717) is 0 Å². The van der Waals surface area contributed by atoms with Crippen LogP contribution in [0, 0.1) is 6.92 Å². The molecule has 1 aliphatic rings. The van der Waals surface area contributed by atoms with Crippen molar-refractivity contribution >= 4 is 5.82 Å². The fraction of sp³-hybridized carbons (Fsp3) is 0.600. The largest absolute Gasteiger partial charge is 0.359 e. The van der Waals surface area contributed by atoms with Gasteiger partial charge in [0.05, 0.1) is 0 Å². The van der Waals surface area contributed by atoms with Crippen LogP contribution in [-0.4, -0.2) is 23.6 Å². The van der Waals surface area contributed by atoms with Crippen LogP contribution in [0.15, 0.2) is 12.7 Å². The molecule has 18 heavy (non-hydrogen) atoms. The third-order valence-corrected chi connectivity index (χ3v) is 3.54. The zero-order valence-corrected chi connectivity index (χ0v) is 11.6. The summed E-state index contributed by atoms with van der Waals surface area (Å²) >= 11 is 0. The second kappa shape index (κ2) is 5.98. The Morgan fingerprint density at radius 1 is 1.28 bits per heavy atom. The van der Waals surface area contributed by atoms with E-state index in [1.807, 2.05) is 13.0 Å². The van der Waals surface area contributed by atoms with Gasteiger partial charge in [0.25, 0.3) is 0 Å². The van der Waals surface area contributed by atoms with E-state index in [1.165, 1.54) is 24.1 Å². The summed E-state index contributed by atoms with van der Waals surface area (Å²) < 4.78 is 0. The van der Waals surface area contributed by atoms with Crippen molar-refractivity contribution < 1.29 is 0 Å². The molecule has 3 heteroatoms. The van der Waals surface area contributed by atoms with E-state index >= 15 is 0 Å². The van der Waals surface area contributed by atoms with Crippen molar-refractivity contribution in [2.24, 2.45) is 0 Å². The molecular formula is C15H23N3. The number of aryl methyl sites for hydroxylation is 2. The van der Waals surface area contributed by atoms with Gasteiger partial charge in [-0.1, -0.05) is 6.08 Å². The van der Waals surface area contributed by atoms with Crippen LogP contribution < -0.4 is 4.90 Å². The number of aromatic nitrogens is 2. The molecule has 0 atom stereocenters. The number of allylic oxidation sites excluding steroid dienone is 1. The van der Waals surface area contributed by atoms with Crippen LogP contribution in [0.1, 0.15) is 42.8 Å². The maximum atomic E-state index is 4.65. The molecule has 0 aliphatic heterocycles. The van der Waals surface area contributed by atoms with E-state index in [1.54, 1.807) is 0 Å². The summed E-state index contributed by atoms with van der Waals surface area (Å²) in [5.74, 6) is 2.06. The minimum absolute atomic E-state index is 0.904. The van der Waals surface area contributed by atoms with Crippen LogP contribution in [-0.2, 0) is 12.8 Å². The number of nitrogens with zero attached hydrogens (tertiary/aromatic N) is 3. The smallest absolute Gasteiger partial charge is 0.135 e. The highest BCUT2D eigenvalue weighted by Crippen LogP contribution is 2.27. The highest BCUT2D eigenvalue weighted by atomic mass is 15.2. The van der Waals surface area contributed by atoms with Gasteiger partial charge in [-0.15, -0.1) is 6.58 Å². The van der Waals surface area contributed by atoms with E-state index in [4.69, 9.17) is 0 Å². The minimum atomic E-state index is 0.904. The van der Waals surface area contributed by atoms with Crippen molar-refractivity contribution in [3.63, 3.8) is 0 Å². The Morgan fingerprint density at radius 3 is 2.83 bits per heavy atom. The zero-order valence-electron chi connectivity index (χ0n) is 11.6. The molecule has 0 N–H and O–H groups in total. The maximum Gasteiger partial charge on any atom is 0.135 e. The number of fused-ring (bicyclic) bond motifs is 1. The molecule has 98 valence electrons. The Kier molecular flexibility index (Phi) is 4.34. The number of hydrogen-bond donors (Lipinski definition) is 0. The molecule has 0 amide bonds. The van der Waals surface area contributed by atoms with E-state index < -0.39 is 0 Å². The van der Waals surface area contributed by atoms with Gasteiger partial charge in [0.1, 0.15) is 11.6 Å². The van der Waals surface area contributed by atoms with E-state index in [2.05, 4.69) is 28.5 Å². The zero-order chi connectivity index (χ0) is 13.0. The van der Waals surface area contributed by atoms with Gasteiger partial charge < -0.3 is 4.90 Å². The van der Waals surface area contributed by atoms with Gasteiger partial charge in [-0.25, -0.2) is 9.97 Å². The lowest BCUT2D eigenvalue weighted by molar-refractivity contribution is 0.652. The Bertz CT molecular complexity index is 426. The third-order valence-electron chi connectivity index (χ3n) is 3.54. The molecule has 0 saturated carbocycles. The van der Waals surface area contributed by atoms with Crippen molar-refractivity contribution in [2.75, 3.05) is 18.5 Å². The highest BCUT2D eigenvalue weighted by Gasteiger charge is 2.18. The van der Waals surface area contributed by atoms with Crippen LogP contribution in [0.2, 0.25) is 0 Å². The van der Waals surface area contributed by atoms with Crippen LogP contribution in [0.5, 0.6) is 0 Å². The van der Waals surface area contributed by atoms with Crippen molar-refractivity contribution in [2.45, 2.75) is 45.4 Å². The summed E-state index contributed by atoms with van der Waals surface area (Å²) in [4.78, 5) is 11.5. The summed E-state index contributed by atoms with van der Waals surface area (Å²) in [6, 6.07) is 0. The minimum Gasteiger partial charge on any atom is -0.359 e. The van der Waals surface area contributed by atoms with Gasteiger partial charge in [-0.3, -0.25) is 0 Å². The molecule has 1 heterocycles. The molecular weight excluding hydrogens is 222 g/mol. The van der Waals surface area contributed by atoms with Crippen molar-refractivity contribution in [3.05, 3.63) is 29.7 Å². The lowest BCUT2D eigenvalue weighted by Crippen LogP contribution is -2.24. The van der Waals surface area contributed by atoms with E-state index in [9.17, 15) is 0 Å². The first-order valence-corrected chi connectivity index (χ1v) is 6.91. The third kappa shape index (κ3) is 2.89. The summed E-state index contributed by atoms with van der Waals surface area (Å²) in [7, 11) is 2.14. The highest BCUT2D eigenvalue weighted by molar-refractivity contribution is 5.49. The van der Waals surface area contributed by atoms with Crippen molar-refractivity contribution in [3.8, 4) is 0 Å². The average Bonchev–Trinajstić information content (AvgIpc) is 2.38. The monoisotopic (exact) mass is 245 g/mol. The average molecular weight is 245 g/mol. The fourth-order valence-corrected chi connectivity index (χ4v) is 2.59. The number of unbranched alkanes of at least 4 members (excludes halogenated alkanes) is 1. The lowest BCUT2D eigenvalue weighted by atomic mass is 9.96. The molecule has 1 aromatic heterocycles. The van der Waals surface area contributed by atoms with Crippen molar-refractivity contribution in [1.29, 1.82) is 0 Å². The number of hydrogen-bond acceptors (Lipinski definition) is 3. The molecule has 0 fully saturated rings. The van der Waals surface area contributed by atoms with Gasteiger partial charge in [0.2, 0.25) is 0 Å². The Morgan fingerprint density at radius 2 is 2.06 bits per heavy atom. The Labute approximate surface area is 110 Å². The molecule has 0 unspecified atom stereocenters. The molecule has 1 aromatic rings. The number of rotatable bonds is 5. The van der Waals surface area contributed by atoms with Crippen molar-refractivity contribution in [1.82, 2.24) is 9.97 Å². The summed E-state index contributed by atoms with van der Waals surface area (Å²) in [5.41, 5.74) is 2.66. The van der Waals surface area contributed by atoms with E-state index in [-0.39, 0.29) is 0 Å². The van der Waals surface area contributed by atoms with Crippen LogP contribution in [0.25, 0.3) is 0 Å². The van der Waals surface area contributed by atoms with Gasteiger partial charge >= 0.3 is 0 Å². The van der Waals surface area contributed by atoms with E-state index in [0.717, 1.165) is 43.9 Å². The quantitative estimate of drug-likeness (QED) is 0.589. The first-order chi connectivity index (χ1) is 8.72. The summed E-state index contributed by atoms with van der Waals surface area (Å²) in [6.45, 7) is 6.80. The van der Waals surface area contributed by atoms with Crippen LogP contribution >= 0.6 is 0 Å². The van der Waals surface area contributed by atoms with Gasteiger partial charge in [-0.05, 0) is 45.4 Å². The fourth-order valence-electron chi connectivity index (χ4n) is 2.59. The first kappa shape index (κ1) is 13.1. The summed E-state index contributed by atoms with van der Waals surface area (Å²) in [5, 5.41) is 0. The molecule has 3 nitrogen and oxygen atoms in total. The SMILES string of the molecule is C=CCCCN(C)c1nc(C)nc2c1CCCC2.